The summed E-state index contributed by atoms with van der Waals surface area (Å²) in [5.74, 6) is 1.50. The Morgan fingerprint density at radius 3 is 1.70 bits per heavy atom. The summed E-state index contributed by atoms with van der Waals surface area (Å²) >= 11 is 0. The van der Waals surface area contributed by atoms with Crippen molar-refractivity contribution >= 4 is 17.1 Å². The Kier molecular flexibility index (Phi) is 5.48. The van der Waals surface area contributed by atoms with Gasteiger partial charge >= 0.3 is 0 Å². The molecule has 2 aliphatic rings. The topological polar surface area (TPSA) is 3.24 Å². The predicted octanol–water partition coefficient (Wildman–Crippen LogP) is 9.36. The molecule has 0 unspecified atom stereocenters. The van der Waals surface area contributed by atoms with E-state index in [1.54, 1.807) is 11.1 Å². The number of anilines is 3. The van der Waals surface area contributed by atoms with Crippen LogP contribution in [0, 0.1) is 0 Å². The minimum Gasteiger partial charge on any atom is -0.310 e. The molecule has 0 saturated heterocycles. The molecule has 6 rings (SSSR count). The van der Waals surface area contributed by atoms with Gasteiger partial charge in [-0.2, -0.15) is 0 Å². The summed E-state index contributed by atoms with van der Waals surface area (Å²) < 4.78 is 0. The number of nitrogens with zero attached hydrogens (tertiary/aromatic N) is 1. The first-order chi connectivity index (χ1) is 16.4. The van der Waals surface area contributed by atoms with Gasteiger partial charge in [0, 0.05) is 16.9 Å². The van der Waals surface area contributed by atoms with Gasteiger partial charge in [-0.05, 0) is 84.5 Å². The van der Waals surface area contributed by atoms with Crippen molar-refractivity contribution in [1.82, 2.24) is 0 Å². The van der Waals surface area contributed by atoms with Crippen molar-refractivity contribution in [1.29, 1.82) is 0 Å². The molecule has 0 N–H and O–H groups in total. The van der Waals surface area contributed by atoms with Crippen LogP contribution in [0.3, 0.4) is 0 Å². The van der Waals surface area contributed by atoms with Gasteiger partial charge in [-0.15, -0.1) is 0 Å². The van der Waals surface area contributed by atoms with E-state index in [9.17, 15) is 0 Å². The van der Waals surface area contributed by atoms with Crippen LogP contribution in [-0.4, -0.2) is 0 Å². The van der Waals surface area contributed by atoms with Crippen molar-refractivity contribution in [3.05, 3.63) is 114 Å². The third-order valence-corrected chi connectivity index (χ3v) is 7.66. The van der Waals surface area contributed by atoms with Crippen LogP contribution in [0.15, 0.2) is 103 Å². The summed E-state index contributed by atoms with van der Waals surface area (Å²) in [6.45, 7) is 0. The summed E-state index contributed by atoms with van der Waals surface area (Å²) in [7, 11) is 0. The highest BCUT2D eigenvalue weighted by atomic mass is 15.1. The van der Waals surface area contributed by atoms with Crippen molar-refractivity contribution in [3.8, 4) is 11.1 Å². The van der Waals surface area contributed by atoms with E-state index in [0.717, 1.165) is 11.8 Å². The van der Waals surface area contributed by atoms with Gasteiger partial charge in [-0.1, -0.05) is 85.6 Å². The molecule has 0 heterocycles. The van der Waals surface area contributed by atoms with Gasteiger partial charge in [0.1, 0.15) is 0 Å². The summed E-state index contributed by atoms with van der Waals surface area (Å²) in [6, 6.07) is 37.7. The third kappa shape index (κ3) is 3.86. The molecule has 4 aromatic carbocycles. The molecule has 0 saturated carbocycles. The van der Waals surface area contributed by atoms with E-state index in [1.165, 1.54) is 66.7 Å². The molecule has 2 aliphatic carbocycles. The van der Waals surface area contributed by atoms with Gasteiger partial charge in [-0.3, -0.25) is 0 Å². The quantitative estimate of drug-likeness (QED) is 0.312. The van der Waals surface area contributed by atoms with E-state index in [0.29, 0.717) is 0 Å². The Morgan fingerprint density at radius 1 is 0.515 bits per heavy atom. The largest absolute Gasteiger partial charge is 0.310 e. The minimum atomic E-state index is 0.735. The first-order valence-corrected chi connectivity index (χ1v) is 12.5. The van der Waals surface area contributed by atoms with Gasteiger partial charge in [0.2, 0.25) is 0 Å². The van der Waals surface area contributed by atoms with E-state index in [-0.39, 0.29) is 0 Å². The summed E-state index contributed by atoms with van der Waals surface area (Å²) in [6.07, 6.45) is 8.21. The van der Waals surface area contributed by atoms with Crippen LogP contribution in [0.1, 0.15) is 61.5 Å². The molecule has 0 amide bonds. The average Bonchev–Trinajstić information content (AvgIpc) is 3.14. The lowest BCUT2D eigenvalue weighted by Crippen LogP contribution is -2.11. The van der Waals surface area contributed by atoms with Crippen LogP contribution in [-0.2, 0) is 0 Å². The number of benzene rings is 4. The Morgan fingerprint density at radius 2 is 1.06 bits per heavy atom. The lowest BCUT2D eigenvalue weighted by Gasteiger charge is -2.28. The second-order valence-corrected chi connectivity index (χ2v) is 9.62. The average molecular weight is 430 g/mol. The lowest BCUT2D eigenvalue weighted by molar-refractivity contribution is 0.452. The Balaban J connectivity index is 1.51. The van der Waals surface area contributed by atoms with Crippen LogP contribution in [0.4, 0.5) is 17.1 Å². The zero-order valence-electron chi connectivity index (χ0n) is 19.2. The van der Waals surface area contributed by atoms with Crippen LogP contribution in [0.5, 0.6) is 0 Å². The lowest BCUT2D eigenvalue weighted by atomic mass is 9.87. The fourth-order valence-electron chi connectivity index (χ4n) is 6.09. The fraction of sp³-hybridized carbons (Fsp3) is 0.250. The smallest absolute Gasteiger partial charge is 0.0540 e. The molecule has 0 aromatic heterocycles. The monoisotopic (exact) mass is 429 g/mol. The van der Waals surface area contributed by atoms with Gasteiger partial charge < -0.3 is 4.90 Å². The molecule has 0 fully saturated rings. The molecule has 1 nitrogen and oxygen atoms in total. The van der Waals surface area contributed by atoms with Gasteiger partial charge in [-0.25, -0.2) is 0 Å². The minimum absolute atomic E-state index is 0.735. The van der Waals surface area contributed by atoms with E-state index >= 15 is 0 Å². The molecule has 0 atom stereocenters. The molecular formula is C32H31N. The van der Waals surface area contributed by atoms with Crippen LogP contribution in [0.25, 0.3) is 11.1 Å². The highest BCUT2D eigenvalue weighted by Crippen LogP contribution is 2.47. The summed E-state index contributed by atoms with van der Waals surface area (Å²) in [5, 5.41) is 0. The zero-order valence-corrected chi connectivity index (χ0v) is 19.2. The molecule has 1 heteroatoms. The first-order valence-electron chi connectivity index (χ1n) is 12.5. The molecule has 2 bridgehead atoms. The second-order valence-electron chi connectivity index (χ2n) is 9.62. The third-order valence-electron chi connectivity index (χ3n) is 7.66. The molecule has 0 aliphatic heterocycles. The number of para-hydroxylation sites is 3. The predicted molar refractivity (Wildman–Crippen MR) is 140 cm³/mol. The Hall–Kier alpha value is -3.32. The van der Waals surface area contributed by atoms with Crippen LogP contribution in [0.2, 0.25) is 0 Å². The molecule has 33 heavy (non-hydrogen) atoms. The van der Waals surface area contributed by atoms with Crippen molar-refractivity contribution in [2.75, 3.05) is 4.90 Å². The Bertz CT molecular complexity index is 1180. The summed E-state index contributed by atoms with van der Waals surface area (Å²) in [4.78, 5) is 2.39. The second kappa shape index (κ2) is 8.90. The molecule has 0 radical (unpaired) electrons. The molecule has 4 aromatic rings. The first kappa shape index (κ1) is 20.3. The van der Waals surface area contributed by atoms with E-state index in [2.05, 4.69) is 108 Å². The van der Waals surface area contributed by atoms with Crippen molar-refractivity contribution < 1.29 is 0 Å². The SMILES string of the molecule is c1ccc(N(c2ccccc2)c2ccccc2-c2ccc3c(c2)C2CCCC3CCC2)cc1. The fourth-order valence-corrected chi connectivity index (χ4v) is 6.09. The molecule has 0 spiro atoms. The van der Waals surface area contributed by atoms with Crippen LogP contribution >= 0.6 is 0 Å². The molecular weight excluding hydrogens is 398 g/mol. The van der Waals surface area contributed by atoms with Gasteiger partial charge in [0.15, 0.2) is 0 Å². The van der Waals surface area contributed by atoms with E-state index in [4.69, 9.17) is 0 Å². The zero-order chi connectivity index (χ0) is 22.0. The van der Waals surface area contributed by atoms with Gasteiger partial charge in [0.05, 0.1) is 5.69 Å². The normalized spacial score (nSPS) is 19.4. The van der Waals surface area contributed by atoms with Crippen LogP contribution < -0.4 is 4.90 Å². The number of hydrogen-bond donors (Lipinski definition) is 0. The maximum absolute atomic E-state index is 2.54. The number of hydrogen-bond acceptors (Lipinski definition) is 1. The molecule has 164 valence electrons. The van der Waals surface area contributed by atoms with Crippen molar-refractivity contribution in [2.24, 2.45) is 0 Å². The van der Waals surface area contributed by atoms with E-state index < -0.39 is 0 Å². The summed E-state index contributed by atoms with van der Waals surface area (Å²) in [5.41, 5.74) is 9.50. The van der Waals surface area contributed by atoms with Crippen molar-refractivity contribution in [2.45, 2.75) is 50.4 Å². The maximum Gasteiger partial charge on any atom is 0.0540 e. The Labute approximate surface area is 197 Å². The highest BCUT2D eigenvalue weighted by molar-refractivity contribution is 5.88. The standard InChI is InChI=1S/C32H31N/c1-3-15-27(16-4-1)33(28-17-5-2-6-18-28)32-20-8-7-19-30(32)26-21-22-29-24-11-9-13-25(14-10-12-24)31(29)23-26/h1-8,15-25H,9-14H2. The highest BCUT2D eigenvalue weighted by Gasteiger charge is 2.28. The van der Waals surface area contributed by atoms with Gasteiger partial charge in [0.25, 0.3) is 0 Å². The number of rotatable bonds is 4. The van der Waals surface area contributed by atoms with E-state index in [1.807, 2.05) is 0 Å². The maximum atomic E-state index is 2.54. The van der Waals surface area contributed by atoms with Crippen molar-refractivity contribution in [3.63, 3.8) is 0 Å².